The minimum absolute atomic E-state index is 0.0338. The van der Waals surface area contributed by atoms with E-state index in [1.54, 1.807) is 0 Å². The molecule has 3 heterocycles. The number of ether oxygens (including phenoxy) is 1. The quantitative estimate of drug-likeness (QED) is 0.0460. The monoisotopic (exact) mass is 970 g/mol. The normalized spacial score (nSPS) is 17.6. The number of benzene rings is 2. The lowest BCUT2D eigenvalue weighted by Crippen LogP contribution is -2.43. The molecule has 3 N–H and O–H groups in total. The molecule has 2 aliphatic carbocycles. The second-order valence-electron chi connectivity index (χ2n) is 15.4. The number of urea groups is 2. The van der Waals surface area contributed by atoms with E-state index in [0.29, 0.717) is 27.0 Å². The van der Waals surface area contributed by atoms with E-state index < -0.39 is 81.1 Å². The zero-order valence-corrected chi connectivity index (χ0v) is 37.1. The number of aromatic nitrogens is 2. The second-order valence-corrected chi connectivity index (χ2v) is 20.5. The maximum atomic E-state index is 14.2. The highest BCUT2D eigenvalue weighted by Crippen LogP contribution is 2.35. The summed E-state index contributed by atoms with van der Waals surface area (Å²) >= 11 is -1.62. The molecule has 3 aliphatic rings. The van der Waals surface area contributed by atoms with Gasteiger partial charge in [0.05, 0.1) is 12.4 Å². The van der Waals surface area contributed by atoms with Gasteiger partial charge in [0.15, 0.2) is 37.7 Å². The third-order valence-electron chi connectivity index (χ3n) is 11.1. The zero-order valence-electron chi connectivity index (χ0n) is 33.8. The highest BCUT2D eigenvalue weighted by atomic mass is 32.2. The van der Waals surface area contributed by atoms with Crippen molar-refractivity contribution in [2.24, 2.45) is 11.8 Å². The fraction of sp³-hybridized carbons (Fsp3) is 0.436. The van der Waals surface area contributed by atoms with Crippen molar-refractivity contribution >= 4 is 94.6 Å². The largest absolute Gasteiger partial charge is 0.391 e. The number of sulfonamides is 1. The lowest BCUT2D eigenvalue weighted by Gasteiger charge is -2.26. The van der Waals surface area contributed by atoms with Crippen LogP contribution < -0.4 is 24.7 Å². The smallest absolute Gasteiger partial charge is 0.334 e. The summed E-state index contributed by atoms with van der Waals surface area (Å²) in [6.45, 7) is -0.721. The molecule has 17 nitrogen and oxygen atoms in total. The number of carbonyl (C=O) groups is 4. The molecule has 3 fully saturated rings. The fourth-order valence-electron chi connectivity index (χ4n) is 7.93. The molecule has 25 heteroatoms. The number of rotatable bonds is 15. The number of amides is 4. The Labute approximate surface area is 375 Å². The number of thiazole rings is 2. The van der Waals surface area contributed by atoms with Gasteiger partial charge in [0.2, 0.25) is 0 Å². The van der Waals surface area contributed by atoms with Gasteiger partial charge < -0.3 is 4.74 Å². The SMILES string of the molecule is O=C(CN(c1cnc(NC(=O)N(CC2CCCC2)c2ccc(F)c(F)c2)s1)S(=O)O)OC(=O)C1CCCN1S(=O)(=O)c1cnc(NC(=O)N(CC2CCCC2)c2ccc(F)c(F)c2)s1. The molecule has 2 atom stereocenters. The Balaban J connectivity index is 0.974. The summed E-state index contributed by atoms with van der Waals surface area (Å²) in [5.41, 5.74) is 0.190. The van der Waals surface area contributed by atoms with E-state index in [-0.39, 0.29) is 75.2 Å². The summed E-state index contributed by atoms with van der Waals surface area (Å²) in [6.07, 6.45) is 9.38. The first-order valence-electron chi connectivity index (χ1n) is 20.2. The van der Waals surface area contributed by atoms with E-state index in [2.05, 4.69) is 20.6 Å². The van der Waals surface area contributed by atoms with Gasteiger partial charge in [-0.2, -0.15) is 4.31 Å². The van der Waals surface area contributed by atoms with Crippen LogP contribution >= 0.6 is 22.7 Å². The molecule has 4 aromatic rings. The number of anilines is 5. The molecule has 0 spiro atoms. The van der Waals surface area contributed by atoms with Crippen molar-refractivity contribution in [3.05, 3.63) is 72.1 Å². The lowest BCUT2D eigenvalue weighted by molar-refractivity contribution is -0.160. The molecule has 2 unspecified atom stereocenters. The topological polar surface area (TPSA) is 212 Å². The first-order valence-corrected chi connectivity index (χ1v) is 24.3. The molecule has 7 rings (SSSR count). The predicted molar refractivity (Wildman–Crippen MR) is 230 cm³/mol. The van der Waals surface area contributed by atoms with Crippen molar-refractivity contribution in [1.29, 1.82) is 0 Å². The van der Waals surface area contributed by atoms with Crippen molar-refractivity contribution < 1.29 is 58.7 Å². The molecule has 2 aromatic carbocycles. The van der Waals surface area contributed by atoms with Crippen LogP contribution in [-0.2, 0) is 35.6 Å². The van der Waals surface area contributed by atoms with Gasteiger partial charge in [0.1, 0.15) is 17.6 Å². The van der Waals surface area contributed by atoms with Gasteiger partial charge in [0.25, 0.3) is 21.3 Å². The number of hydrogen-bond donors (Lipinski definition) is 3. The van der Waals surface area contributed by atoms with Crippen LogP contribution in [0.4, 0.5) is 53.8 Å². The number of hydrogen-bond acceptors (Lipinski definition) is 12. The molecule has 64 heavy (non-hydrogen) atoms. The molecular weight excluding hydrogens is 929 g/mol. The third kappa shape index (κ3) is 11.0. The van der Waals surface area contributed by atoms with E-state index in [0.717, 1.165) is 92.3 Å². The van der Waals surface area contributed by atoms with E-state index >= 15 is 0 Å². The molecular formula is C39H42F4N8O9S4. The van der Waals surface area contributed by atoms with Crippen molar-refractivity contribution in [3.8, 4) is 0 Å². The Kier molecular flexibility index (Phi) is 14.9. The molecule has 344 valence electrons. The van der Waals surface area contributed by atoms with Crippen LogP contribution in [-0.4, -0.2) is 87.7 Å². The van der Waals surface area contributed by atoms with Gasteiger partial charge >= 0.3 is 24.0 Å². The van der Waals surface area contributed by atoms with Crippen LogP contribution in [0.25, 0.3) is 0 Å². The summed E-state index contributed by atoms with van der Waals surface area (Å²) in [6, 6.07) is 3.15. The summed E-state index contributed by atoms with van der Waals surface area (Å²) in [4.78, 5) is 63.9. The number of nitrogens with zero attached hydrogens (tertiary/aromatic N) is 6. The summed E-state index contributed by atoms with van der Waals surface area (Å²) in [5, 5.41) is 4.75. The summed E-state index contributed by atoms with van der Waals surface area (Å²) in [5.74, 6) is -6.83. The van der Waals surface area contributed by atoms with Crippen LogP contribution in [0, 0.1) is 35.1 Å². The van der Waals surface area contributed by atoms with E-state index in [9.17, 15) is 53.9 Å². The predicted octanol–water partition coefficient (Wildman–Crippen LogP) is 7.48. The Morgan fingerprint density at radius 3 is 1.80 bits per heavy atom. The third-order valence-corrected chi connectivity index (χ3v) is 16.1. The van der Waals surface area contributed by atoms with Crippen molar-refractivity contribution in [1.82, 2.24) is 14.3 Å². The molecule has 1 saturated heterocycles. The lowest BCUT2D eigenvalue weighted by atomic mass is 10.1. The van der Waals surface area contributed by atoms with Crippen LogP contribution in [0.5, 0.6) is 0 Å². The van der Waals surface area contributed by atoms with E-state index in [1.165, 1.54) is 21.9 Å². The molecule has 2 aromatic heterocycles. The first-order chi connectivity index (χ1) is 30.6. The van der Waals surface area contributed by atoms with E-state index in [1.807, 2.05) is 0 Å². The van der Waals surface area contributed by atoms with Gasteiger partial charge in [0, 0.05) is 43.1 Å². The zero-order chi connectivity index (χ0) is 45.7. The average molecular weight is 971 g/mol. The van der Waals surface area contributed by atoms with Crippen LogP contribution in [0.1, 0.15) is 64.2 Å². The second kappa shape index (κ2) is 20.4. The minimum Gasteiger partial charge on any atom is -0.391 e. The Morgan fingerprint density at radius 2 is 1.28 bits per heavy atom. The Bertz CT molecular complexity index is 2520. The Hall–Kier alpha value is -5.08. The van der Waals surface area contributed by atoms with Gasteiger partial charge in [-0.05, 0) is 74.6 Å². The number of carbonyl (C=O) groups excluding carboxylic acids is 4. The van der Waals surface area contributed by atoms with Crippen LogP contribution in [0.3, 0.4) is 0 Å². The van der Waals surface area contributed by atoms with E-state index in [4.69, 9.17) is 4.74 Å². The molecule has 0 radical (unpaired) electrons. The fourth-order valence-corrected chi connectivity index (χ4v) is 12.2. The van der Waals surface area contributed by atoms with Crippen molar-refractivity contribution in [3.63, 3.8) is 0 Å². The van der Waals surface area contributed by atoms with Crippen molar-refractivity contribution in [2.45, 2.75) is 74.5 Å². The standard InChI is InChI=1S/C39H42F4N8O9S4/c40-27-13-11-25(16-29(27)42)48(20-23-6-1-2-7-23)38(54)46-36-44-18-32(61-36)50(63(56)57)22-33(52)60-35(53)31-10-5-15-51(31)64(58,59)34-19-45-37(62-34)47-39(55)49(21-24-8-3-4-9-24)26-12-14-28(41)30(43)17-26/h11-14,16-19,23-24,31H,1-10,15,20-22H2,(H,56,57)(H,44,46,54)(H,45,47,55). The van der Waals surface area contributed by atoms with Gasteiger partial charge in [-0.15, -0.1) is 0 Å². The van der Waals surface area contributed by atoms with Gasteiger partial charge in [-0.3, -0.25) is 25.0 Å². The minimum atomic E-state index is -4.46. The maximum absolute atomic E-state index is 14.2. The number of esters is 2. The first kappa shape index (κ1) is 46.9. The van der Waals surface area contributed by atoms with Crippen LogP contribution in [0.15, 0.2) is 53.0 Å². The number of nitrogens with one attached hydrogen (secondary N) is 2. The summed E-state index contributed by atoms with van der Waals surface area (Å²) < 4.78 is 112. The Morgan fingerprint density at radius 1 is 0.766 bits per heavy atom. The van der Waals surface area contributed by atoms with Crippen molar-refractivity contribution in [2.75, 3.05) is 50.9 Å². The molecule has 0 bridgehead atoms. The maximum Gasteiger partial charge on any atom is 0.334 e. The van der Waals surface area contributed by atoms with Gasteiger partial charge in [-0.25, -0.2) is 63.6 Å². The molecule has 4 amide bonds. The number of halogens is 4. The highest BCUT2D eigenvalue weighted by Gasteiger charge is 2.42. The summed E-state index contributed by atoms with van der Waals surface area (Å²) in [7, 11) is -4.46. The molecule has 2 saturated carbocycles. The van der Waals surface area contributed by atoms with Gasteiger partial charge in [-0.1, -0.05) is 48.4 Å². The molecule has 1 aliphatic heterocycles. The highest BCUT2D eigenvalue weighted by molar-refractivity contribution is 7.91. The van der Waals surface area contributed by atoms with Crippen LogP contribution in [0.2, 0.25) is 0 Å². The average Bonchev–Trinajstić information content (AvgIpc) is 4.11.